The topological polar surface area (TPSA) is 68.5 Å². The summed E-state index contributed by atoms with van der Waals surface area (Å²) in [5.74, 6) is -1.20. The van der Waals surface area contributed by atoms with E-state index in [0.29, 0.717) is 18.1 Å². The predicted octanol–water partition coefficient (Wildman–Crippen LogP) is 3.01. The minimum absolute atomic E-state index is 0.00841. The maximum atomic E-state index is 12.3. The molecule has 2 aliphatic heterocycles. The Morgan fingerprint density at radius 1 is 1.32 bits per heavy atom. The van der Waals surface area contributed by atoms with E-state index < -0.39 is 11.4 Å². The van der Waals surface area contributed by atoms with Gasteiger partial charge in [-0.15, -0.1) is 0 Å². The number of aromatic nitrogens is 1. The first kappa shape index (κ1) is 14.9. The molecule has 5 nitrogen and oxygen atoms in total. The second-order valence-electron chi connectivity index (χ2n) is 6.67. The average Bonchev–Trinajstić information content (AvgIpc) is 3.17. The number of rotatable bonds is 1. The monoisotopic (exact) mass is 355 g/mol. The highest BCUT2D eigenvalue weighted by atomic mass is 35.5. The number of nitrogens with zero attached hydrogens (tertiary/aromatic N) is 1. The third-order valence-electron chi connectivity index (χ3n) is 5.37. The number of aromatic carboxylic acids is 1. The summed E-state index contributed by atoms with van der Waals surface area (Å²) in [6, 6.07) is 7.30. The van der Waals surface area contributed by atoms with Crippen molar-refractivity contribution in [2.24, 2.45) is 0 Å². The van der Waals surface area contributed by atoms with Crippen molar-refractivity contribution in [1.82, 2.24) is 4.57 Å². The van der Waals surface area contributed by atoms with Crippen LogP contribution in [0, 0.1) is 0 Å². The number of carboxylic acids is 1. The third kappa shape index (κ3) is 2.00. The second-order valence-corrected chi connectivity index (χ2v) is 7.10. The molecular weight excluding hydrogens is 342 g/mol. The lowest BCUT2D eigenvalue weighted by molar-refractivity contribution is 0.0693. The van der Waals surface area contributed by atoms with Crippen molar-refractivity contribution < 1.29 is 14.6 Å². The van der Waals surface area contributed by atoms with Crippen LogP contribution in [-0.2, 0) is 11.2 Å². The molecule has 3 aliphatic rings. The molecule has 0 spiro atoms. The van der Waals surface area contributed by atoms with Crippen LogP contribution in [0.2, 0.25) is 5.02 Å². The molecule has 0 unspecified atom stereocenters. The third-order valence-corrected chi connectivity index (χ3v) is 5.61. The fourth-order valence-corrected chi connectivity index (χ4v) is 4.53. The fourth-order valence-electron chi connectivity index (χ4n) is 4.34. The molecule has 1 aliphatic carbocycles. The molecule has 2 aromatic rings. The van der Waals surface area contributed by atoms with Gasteiger partial charge in [-0.05, 0) is 40.8 Å². The molecule has 2 atom stereocenters. The van der Waals surface area contributed by atoms with Crippen molar-refractivity contribution in [2.45, 2.75) is 25.0 Å². The molecule has 1 aromatic heterocycles. The summed E-state index contributed by atoms with van der Waals surface area (Å²) < 4.78 is 7.93. The maximum Gasteiger partial charge on any atom is 0.341 e. The van der Waals surface area contributed by atoms with Crippen molar-refractivity contribution in [3.05, 3.63) is 68.1 Å². The van der Waals surface area contributed by atoms with E-state index in [2.05, 4.69) is 0 Å². The summed E-state index contributed by atoms with van der Waals surface area (Å²) in [6.45, 7) is 0.614. The van der Waals surface area contributed by atoms with Gasteiger partial charge in [0.2, 0.25) is 0 Å². The minimum Gasteiger partial charge on any atom is -0.477 e. The maximum absolute atomic E-state index is 12.3. The summed E-state index contributed by atoms with van der Waals surface area (Å²) in [7, 11) is 0. The van der Waals surface area contributed by atoms with Crippen molar-refractivity contribution in [3.63, 3.8) is 0 Å². The van der Waals surface area contributed by atoms with Crippen LogP contribution in [0.1, 0.15) is 39.6 Å². The van der Waals surface area contributed by atoms with Gasteiger partial charge in [0, 0.05) is 36.0 Å². The van der Waals surface area contributed by atoms with E-state index in [1.807, 2.05) is 22.8 Å². The number of hydrogen-bond donors (Lipinski definition) is 1. The van der Waals surface area contributed by atoms with Crippen LogP contribution in [0.15, 0.2) is 35.3 Å². The molecule has 0 bridgehead atoms. The van der Waals surface area contributed by atoms with E-state index in [4.69, 9.17) is 16.3 Å². The van der Waals surface area contributed by atoms with Crippen molar-refractivity contribution >= 4 is 28.7 Å². The summed E-state index contributed by atoms with van der Waals surface area (Å²) >= 11 is 6.14. The number of ether oxygens (including phenoxy) is 1. The number of carbonyl (C=O) groups is 1. The highest BCUT2D eigenvalue weighted by molar-refractivity contribution is 6.30. The summed E-state index contributed by atoms with van der Waals surface area (Å²) in [6.07, 6.45) is 2.82. The summed E-state index contributed by atoms with van der Waals surface area (Å²) in [5.41, 5.74) is 4.54. The van der Waals surface area contributed by atoms with E-state index in [1.165, 1.54) is 12.3 Å². The fraction of sp³-hybridized carbons (Fsp3) is 0.263. The Kier molecular flexibility index (Phi) is 3.03. The number of allylic oxidation sites excluding steroid dienone is 1. The molecule has 126 valence electrons. The van der Waals surface area contributed by atoms with E-state index in [0.717, 1.165) is 34.4 Å². The summed E-state index contributed by atoms with van der Waals surface area (Å²) in [5, 5.41) is 9.98. The molecule has 0 radical (unpaired) electrons. The van der Waals surface area contributed by atoms with Gasteiger partial charge in [-0.25, -0.2) is 4.79 Å². The van der Waals surface area contributed by atoms with Gasteiger partial charge < -0.3 is 14.4 Å². The van der Waals surface area contributed by atoms with E-state index in [-0.39, 0.29) is 17.7 Å². The van der Waals surface area contributed by atoms with Crippen LogP contribution in [0.4, 0.5) is 0 Å². The Balaban J connectivity index is 1.78. The predicted molar refractivity (Wildman–Crippen MR) is 93.0 cm³/mol. The number of pyridine rings is 1. The van der Waals surface area contributed by atoms with E-state index in [1.54, 1.807) is 0 Å². The van der Waals surface area contributed by atoms with Crippen LogP contribution >= 0.6 is 11.6 Å². The number of benzene rings is 1. The van der Waals surface area contributed by atoms with Gasteiger partial charge in [-0.2, -0.15) is 0 Å². The normalized spacial score (nSPS) is 23.1. The van der Waals surface area contributed by atoms with Crippen LogP contribution in [0.3, 0.4) is 0 Å². The Morgan fingerprint density at radius 2 is 2.16 bits per heavy atom. The second kappa shape index (κ2) is 5.07. The SMILES string of the molecule is O=C(O)c1cn2c(cc1=O)C1=C(c3ccc(Cl)cc3C1)[C@H]1OCC[C@H]12. The number of hydrogen-bond acceptors (Lipinski definition) is 3. The molecule has 1 saturated heterocycles. The van der Waals surface area contributed by atoms with Gasteiger partial charge in [0.05, 0.1) is 6.04 Å². The lowest BCUT2D eigenvalue weighted by Gasteiger charge is -2.32. The van der Waals surface area contributed by atoms with E-state index in [9.17, 15) is 14.7 Å². The van der Waals surface area contributed by atoms with Gasteiger partial charge in [-0.1, -0.05) is 17.7 Å². The Labute approximate surface area is 148 Å². The largest absolute Gasteiger partial charge is 0.477 e. The highest BCUT2D eigenvalue weighted by Crippen LogP contribution is 2.50. The van der Waals surface area contributed by atoms with Crippen molar-refractivity contribution in [2.75, 3.05) is 6.61 Å². The number of carboxylic acid groups (broad SMARTS) is 1. The van der Waals surface area contributed by atoms with Gasteiger partial charge in [0.15, 0.2) is 5.43 Å². The first-order valence-corrected chi connectivity index (χ1v) is 8.55. The van der Waals surface area contributed by atoms with Gasteiger partial charge >= 0.3 is 5.97 Å². The zero-order chi connectivity index (χ0) is 17.3. The molecule has 5 rings (SSSR count). The molecule has 1 fully saturated rings. The number of halogens is 1. The van der Waals surface area contributed by atoms with Gasteiger partial charge in [0.25, 0.3) is 0 Å². The average molecular weight is 356 g/mol. The van der Waals surface area contributed by atoms with Crippen LogP contribution in [0.25, 0.3) is 11.1 Å². The molecule has 0 saturated carbocycles. The minimum atomic E-state index is -1.20. The standard InChI is InChI=1S/C19H14ClNO4/c20-10-1-2-11-9(5-10)6-12-15-7-16(22)13(19(23)24)8-21(15)14-3-4-25-18(14)17(11)12/h1-2,5,7-8,14,18H,3-4,6H2,(H,23,24)/t14-,18+/m1/s1. The Bertz CT molecular complexity index is 1040. The zero-order valence-electron chi connectivity index (χ0n) is 13.2. The lowest BCUT2D eigenvalue weighted by atomic mass is 9.89. The molecule has 1 N–H and O–H groups in total. The quantitative estimate of drug-likeness (QED) is 0.853. The molecule has 25 heavy (non-hydrogen) atoms. The Morgan fingerprint density at radius 3 is 2.96 bits per heavy atom. The molecule has 1 aromatic carbocycles. The lowest BCUT2D eigenvalue weighted by Crippen LogP contribution is -2.31. The first-order chi connectivity index (χ1) is 12.0. The van der Waals surface area contributed by atoms with Crippen LogP contribution in [0.5, 0.6) is 0 Å². The van der Waals surface area contributed by atoms with E-state index >= 15 is 0 Å². The van der Waals surface area contributed by atoms with Crippen LogP contribution < -0.4 is 5.43 Å². The molecule has 3 heterocycles. The smallest absolute Gasteiger partial charge is 0.341 e. The first-order valence-electron chi connectivity index (χ1n) is 8.18. The molecule has 0 amide bonds. The highest BCUT2D eigenvalue weighted by Gasteiger charge is 2.43. The van der Waals surface area contributed by atoms with Gasteiger partial charge in [-0.3, -0.25) is 4.79 Å². The molecule has 6 heteroatoms. The summed E-state index contributed by atoms with van der Waals surface area (Å²) in [4.78, 5) is 23.6. The van der Waals surface area contributed by atoms with Crippen molar-refractivity contribution in [3.8, 4) is 0 Å². The Hall–Kier alpha value is -2.37. The zero-order valence-corrected chi connectivity index (χ0v) is 13.9. The number of fused-ring (bicyclic) bond motifs is 7. The van der Waals surface area contributed by atoms with Crippen LogP contribution in [-0.4, -0.2) is 28.4 Å². The molecular formula is C19H14ClNO4. The van der Waals surface area contributed by atoms with Gasteiger partial charge in [0.1, 0.15) is 11.7 Å². The van der Waals surface area contributed by atoms with Crippen molar-refractivity contribution in [1.29, 1.82) is 0 Å².